The average Bonchev–Trinajstić information content (AvgIpc) is 2.87. The first kappa shape index (κ1) is 30.9. The number of amides is 1. The number of hydrogen-bond acceptors (Lipinski definition) is 4. The molecule has 0 bridgehead atoms. The van der Waals surface area contributed by atoms with Gasteiger partial charge < -0.3 is 10.6 Å². The summed E-state index contributed by atoms with van der Waals surface area (Å²) in [6, 6.07) is 19.2. The molecule has 0 aliphatic heterocycles. The number of benzene rings is 4. The Kier molecular flexibility index (Phi) is 9.99. The van der Waals surface area contributed by atoms with Crippen molar-refractivity contribution < 1.29 is 18.0 Å². The molecule has 0 aliphatic carbocycles. The average molecular weight is 658 g/mol. The van der Waals surface area contributed by atoms with Crippen molar-refractivity contribution >= 4 is 104 Å². The minimum Gasteiger partial charge on any atom is -0.355 e. The maximum Gasteiger partial charge on any atom is 0.416 e. The Hall–Kier alpha value is -3.08. The molecule has 0 aliphatic rings. The van der Waals surface area contributed by atoms with E-state index in [1.807, 2.05) is 0 Å². The molecule has 4 aromatic carbocycles. The Labute approximate surface area is 258 Å². The molecule has 2 N–H and O–H groups in total. The van der Waals surface area contributed by atoms with E-state index in [4.69, 9.17) is 46.4 Å². The highest BCUT2D eigenvalue weighted by molar-refractivity contribution is 8.13. The van der Waals surface area contributed by atoms with Gasteiger partial charge in [-0.3, -0.25) is 9.69 Å². The van der Waals surface area contributed by atoms with E-state index < -0.39 is 11.7 Å². The summed E-state index contributed by atoms with van der Waals surface area (Å²) in [6.45, 7) is 0. The van der Waals surface area contributed by atoms with Crippen molar-refractivity contribution in [1.29, 1.82) is 0 Å². The number of nitrogens with one attached hydrogen (secondary N) is 2. The molecule has 4 rings (SSSR count). The van der Waals surface area contributed by atoms with Crippen LogP contribution in [-0.4, -0.2) is 17.8 Å². The van der Waals surface area contributed by atoms with Crippen LogP contribution >= 0.6 is 58.2 Å². The number of halogens is 7. The summed E-state index contributed by atoms with van der Waals surface area (Å²) in [5.41, 5.74) is 1.49. The first-order valence-corrected chi connectivity index (χ1v) is 14.3. The van der Waals surface area contributed by atoms with Gasteiger partial charge in [0.1, 0.15) is 0 Å². The maximum absolute atomic E-state index is 13.3. The van der Waals surface area contributed by atoms with Crippen LogP contribution in [0.5, 0.6) is 0 Å². The SMILES string of the molecule is CSC(=Nc1cc(Cl)cc(Cl)c1)Nc1cc(Nc2cccc(C(F)(F)F)c2)cc(N(C=O)c2cc(Cl)cc(Cl)c2)c1. The van der Waals surface area contributed by atoms with Crippen LogP contribution in [0, 0.1) is 0 Å². The first-order valence-electron chi connectivity index (χ1n) is 11.6. The summed E-state index contributed by atoms with van der Waals surface area (Å²) < 4.78 is 39.9. The van der Waals surface area contributed by atoms with Gasteiger partial charge in [-0.15, -0.1) is 0 Å². The van der Waals surface area contributed by atoms with Gasteiger partial charge in [0.2, 0.25) is 6.41 Å². The van der Waals surface area contributed by atoms with Crippen LogP contribution in [0.25, 0.3) is 0 Å². The molecule has 0 fully saturated rings. The van der Waals surface area contributed by atoms with E-state index in [1.54, 1.807) is 54.8 Å². The highest BCUT2D eigenvalue weighted by Gasteiger charge is 2.30. The third-order valence-electron chi connectivity index (χ3n) is 5.43. The minimum atomic E-state index is -4.51. The molecule has 0 saturated heterocycles. The Morgan fingerprint density at radius 1 is 0.805 bits per heavy atom. The van der Waals surface area contributed by atoms with Crippen molar-refractivity contribution in [1.82, 2.24) is 0 Å². The first-order chi connectivity index (χ1) is 19.4. The molecule has 4 aromatic rings. The zero-order valence-electron chi connectivity index (χ0n) is 20.9. The number of carbonyl (C=O) groups excluding carboxylic acids is 1. The molecule has 0 atom stereocenters. The van der Waals surface area contributed by atoms with Gasteiger partial charge in [-0.2, -0.15) is 13.2 Å². The molecular formula is C28H19Cl4F3N4OS. The Morgan fingerprint density at radius 2 is 1.39 bits per heavy atom. The Balaban J connectivity index is 1.78. The molecule has 0 radical (unpaired) electrons. The minimum absolute atomic E-state index is 0.193. The number of rotatable bonds is 7. The van der Waals surface area contributed by atoms with Crippen LogP contribution in [-0.2, 0) is 11.0 Å². The highest BCUT2D eigenvalue weighted by atomic mass is 35.5. The van der Waals surface area contributed by atoms with Crippen molar-refractivity contribution in [2.24, 2.45) is 4.99 Å². The lowest BCUT2D eigenvalue weighted by Gasteiger charge is -2.21. The molecule has 0 unspecified atom stereocenters. The van der Waals surface area contributed by atoms with Crippen molar-refractivity contribution in [3.63, 3.8) is 0 Å². The van der Waals surface area contributed by atoms with Gasteiger partial charge in [0.05, 0.1) is 22.6 Å². The van der Waals surface area contributed by atoms with E-state index in [1.165, 1.54) is 34.9 Å². The van der Waals surface area contributed by atoms with E-state index >= 15 is 0 Å². The summed E-state index contributed by atoms with van der Waals surface area (Å²) >= 11 is 25.8. The van der Waals surface area contributed by atoms with E-state index in [9.17, 15) is 18.0 Å². The molecule has 0 saturated carbocycles. The summed E-state index contributed by atoms with van der Waals surface area (Å²) in [4.78, 5) is 18.1. The van der Waals surface area contributed by atoms with Crippen molar-refractivity contribution in [3.05, 3.63) is 105 Å². The molecule has 1 amide bonds. The molecule has 41 heavy (non-hydrogen) atoms. The third-order valence-corrected chi connectivity index (χ3v) is 6.88. The normalized spacial score (nSPS) is 11.8. The molecule has 0 heterocycles. The van der Waals surface area contributed by atoms with Gasteiger partial charge in [0.25, 0.3) is 0 Å². The summed E-state index contributed by atoms with van der Waals surface area (Å²) in [6.07, 6.45) is -2.14. The standard InChI is InChI=1S/C28H19Cl4F3N4OS/c1-41-27(37-22-8-17(29)6-18(30)9-22)38-24-12-23(36-21-4-2-3-16(5-21)28(33,34)35)13-26(14-24)39(15-40)25-10-19(31)7-20(32)11-25/h2-15,36H,1H3,(H,37,38). The van der Waals surface area contributed by atoms with Crippen LogP contribution in [0.15, 0.2) is 83.9 Å². The van der Waals surface area contributed by atoms with Crippen molar-refractivity contribution in [3.8, 4) is 0 Å². The Morgan fingerprint density at radius 3 is 1.98 bits per heavy atom. The van der Waals surface area contributed by atoms with Gasteiger partial charge in [0.15, 0.2) is 5.17 Å². The zero-order valence-corrected chi connectivity index (χ0v) is 24.8. The molecular weight excluding hydrogens is 639 g/mol. The van der Waals surface area contributed by atoms with E-state index in [-0.39, 0.29) is 5.69 Å². The number of hydrogen-bond donors (Lipinski definition) is 2. The van der Waals surface area contributed by atoms with Crippen LogP contribution < -0.4 is 15.5 Å². The molecule has 0 aromatic heterocycles. The topological polar surface area (TPSA) is 56.7 Å². The van der Waals surface area contributed by atoms with E-state index in [2.05, 4.69) is 15.6 Å². The van der Waals surface area contributed by atoms with Gasteiger partial charge in [-0.25, -0.2) is 4.99 Å². The quantitative estimate of drug-likeness (QED) is 0.118. The monoisotopic (exact) mass is 656 g/mol. The van der Waals surface area contributed by atoms with Gasteiger partial charge in [-0.1, -0.05) is 64.2 Å². The van der Waals surface area contributed by atoms with E-state index in [0.29, 0.717) is 60.1 Å². The van der Waals surface area contributed by atoms with Crippen LogP contribution in [0.4, 0.5) is 47.3 Å². The fraction of sp³-hybridized carbons (Fsp3) is 0.0714. The van der Waals surface area contributed by atoms with Gasteiger partial charge in [0, 0.05) is 37.2 Å². The number of thioether (sulfide) groups is 1. The Bertz CT molecular complexity index is 1580. The lowest BCUT2D eigenvalue weighted by Crippen LogP contribution is -2.15. The molecule has 212 valence electrons. The predicted molar refractivity (Wildman–Crippen MR) is 167 cm³/mol. The molecule has 0 spiro atoms. The summed E-state index contributed by atoms with van der Waals surface area (Å²) in [5.74, 6) is 0. The summed E-state index contributed by atoms with van der Waals surface area (Å²) in [7, 11) is 0. The predicted octanol–water partition coefficient (Wildman–Crippen LogP) is 10.8. The third kappa shape index (κ3) is 8.47. The number of amidine groups is 1. The largest absolute Gasteiger partial charge is 0.416 e. The highest BCUT2D eigenvalue weighted by Crippen LogP contribution is 2.36. The van der Waals surface area contributed by atoms with Gasteiger partial charge in [-0.05, 0) is 79.1 Å². The number of nitrogens with zero attached hydrogens (tertiary/aromatic N) is 2. The molecule has 13 heteroatoms. The number of alkyl halides is 3. The number of anilines is 5. The maximum atomic E-state index is 13.3. The van der Waals surface area contributed by atoms with E-state index in [0.717, 1.165) is 12.1 Å². The summed E-state index contributed by atoms with van der Waals surface area (Å²) in [5, 5.41) is 8.07. The van der Waals surface area contributed by atoms with Gasteiger partial charge >= 0.3 is 6.18 Å². The second-order valence-corrected chi connectivity index (χ2v) is 11.0. The zero-order chi connectivity index (χ0) is 29.7. The number of carbonyl (C=O) groups is 1. The fourth-order valence-electron chi connectivity index (χ4n) is 3.75. The second kappa shape index (κ2) is 13.3. The van der Waals surface area contributed by atoms with Crippen LogP contribution in [0.1, 0.15) is 5.56 Å². The molecule has 5 nitrogen and oxygen atoms in total. The van der Waals surface area contributed by atoms with Crippen molar-refractivity contribution in [2.75, 3.05) is 21.8 Å². The number of aliphatic imine (C=N–C) groups is 1. The van der Waals surface area contributed by atoms with Crippen LogP contribution in [0.3, 0.4) is 0 Å². The fourth-order valence-corrected chi connectivity index (χ4v) is 5.20. The second-order valence-electron chi connectivity index (χ2n) is 8.45. The van der Waals surface area contributed by atoms with Crippen LogP contribution in [0.2, 0.25) is 20.1 Å². The van der Waals surface area contributed by atoms with Crippen molar-refractivity contribution in [2.45, 2.75) is 6.18 Å². The smallest absolute Gasteiger partial charge is 0.355 e. The lowest BCUT2D eigenvalue weighted by atomic mass is 10.1. The lowest BCUT2D eigenvalue weighted by molar-refractivity contribution is -0.137.